The highest BCUT2D eigenvalue weighted by molar-refractivity contribution is 7.15. The van der Waals surface area contributed by atoms with Gasteiger partial charge in [-0.1, -0.05) is 0 Å². The molecule has 0 radical (unpaired) electrons. The first-order valence-electron chi connectivity index (χ1n) is 8.05. The van der Waals surface area contributed by atoms with Crippen LogP contribution in [0, 0.1) is 0 Å². The molecule has 24 heavy (non-hydrogen) atoms. The van der Waals surface area contributed by atoms with Crippen molar-refractivity contribution in [2.75, 3.05) is 26.9 Å². The Morgan fingerprint density at radius 2 is 2.17 bits per heavy atom. The number of amides is 1. The fourth-order valence-corrected chi connectivity index (χ4v) is 3.57. The largest absolute Gasteiger partial charge is 0.497 e. The summed E-state index contributed by atoms with van der Waals surface area (Å²) in [5.74, 6) is 0.903. The minimum Gasteiger partial charge on any atom is -0.497 e. The van der Waals surface area contributed by atoms with Crippen molar-refractivity contribution in [1.82, 2.24) is 10.6 Å². The maximum Gasteiger partial charge on any atom is 0.221 e. The van der Waals surface area contributed by atoms with Gasteiger partial charge < -0.3 is 20.1 Å². The van der Waals surface area contributed by atoms with E-state index in [2.05, 4.69) is 22.8 Å². The molecule has 0 bridgehead atoms. The molecule has 0 saturated carbocycles. The molecule has 1 aromatic carbocycles. The van der Waals surface area contributed by atoms with Crippen molar-refractivity contribution < 1.29 is 14.3 Å². The number of hydrogen-bond acceptors (Lipinski definition) is 5. The van der Waals surface area contributed by atoms with Gasteiger partial charge in [0.15, 0.2) is 0 Å². The number of hydrogen-bond donors (Lipinski definition) is 2. The Morgan fingerprint density at radius 3 is 2.88 bits per heavy atom. The van der Waals surface area contributed by atoms with Crippen molar-refractivity contribution in [1.29, 1.82) is 0 Å². The minimum absolute atomic E-state index is 0.0531. The molecule has 5 nitrogen and oxygen atoms in total. The summed E-state index contributed by atoms with van der Waals surface area (Å²) in [4.78, 5) is 14.3. The van der Waals surface area contributed by atoms with E-state index >= 15 is 0 Å². The molecule has 1 aromatic heterocycles. The third-order valence-corrected chi connectivity index (χ3v) is 5.06. The monoisotopic (exact) mass is 346 g/mol. The second-order valence-electron chi connectivity index (χ2n) is 5.70. The van der Waals surface area contributed by atoms with Crippen LogP contribution in [0.1, 0.15) is 11.3 Å². The number of thiophene rings is 1. The quantitative estimate of drug-likeness (QED) is 0.843. The predicted octanol–water partition coefficient (Wildman–Crippen LogP) is 2.42. The summed E-state index contributed by atoms with van der Waals surface area (Å²) >= 11 is 1.69. The van der Waals surface area contributed by atoms with E-state index in [9.17, 15) is 4.79 Å². The summed E-state index contributed by atoms with van der Waals surface area (Å²) in [6.07, 6.45) is 0.455. The average Bonchev–Trinajstić information content (AvgIpc) is 3.10. The van der Waals surface area contributed by atoms with E-state index < -0.39 is 0 Å². The van der Waals surface area contributed by atoms with Crippen LogP contribution in [0.15, 0.2) is 36.4 Å². The van der Waals surface area contributed by atoms with Crippen LogP contribution in [-0.2, 0) is 16.1 Å². The lowest BCUT2D eigenvalue weighted by Gasteiger charge is -2.23. The van der Waals surface area contributed by atoms with Crippen LogP contribution in [0.3, 0.4) is 0 Å². The Kier molecular flexibility index (Phi) is 5.85. The molecule has 1 atom stereocenters. The summed E-state index contributed by atoms with van der Waals surface area (Å²) in [6, 6.07) is 12.3. The van der Waals surface area contributed by atoms with E-state index in [0.717, 1.165) is 29.3 Å². The van der Waals surface area contributed by atoms with Gasteiger partial charge in [0.25, 0.3) is 0 Å². The third kappa shape index (κ3) is 4.56. The van der Waals surface area contributed by atoms with Crippen LogP contribution in [-0.4, -0.2) is 38.8 Å². The number of benzene rings is 1. The first-order valence-corrected chi connectivity index (χ1v) is 8.87. The second-order valence-corrected chi connectivity index (χ2v) is 6.87. The summed E-state index contributed by atoms with van der Waals surface area (Å²) in [7, 11) is 1.66. The van der Waals surface area contributed by atoms with Gasteiger partial charge in [0.1, 0.15) is 5.75 Å². The zero-order valence-electron chi connectivity index (χ0n) is 13.7. The first kappa shape index (κ1) is 17.0. The summed E-state index contributed by atoms with van der Waals surface area (Å²) < 4.78 is 10.5. The van der Waals surface area contributed by atoms with Crippen molar-refractivity contribution in [2.45, 2.75) is 19.0 Å². The summed E-state index contributed by atoms with van der Waals surface area (Å²) in [6.45, 7) is 2.71. The number of nitrogens with one attached hydrogen (secondary N) is 2. The molecule has 2 N–H and O–H groups in total. The third-order valence-electron chi connectivity index (χ3n) is 3.93. The molecule has 0 aliphatic carbocycles. The Bertz CT molecular complexity index is 663. The van der Waals surface area contributed by atoms with E-state index in [0.29, 0.717) is 19.6 Å². The van der Waals surface area contributed by atoms with Crippen molar-refractivity contribution in [3.63, 3.8) is 0 Å². The van der Waals surface area contributed by atoms with Gasteiger partial charge in [0.2, 0.25) is 5.91 Å². The minimum atomic E-state index is 0.0531. The molecule has 1 unspecified atom stereocenters. The number of methoxy groups -OCH3 is 1. The highest BCUT2D eigenvalue weighted by atomic mass is 32.1. The lowest BCUT2D eigenvalue weighted by atomic mass is 10.2. The molecule has 1 aliphatic rings. The SMILES string of the molecule is COc1ccc(-c2ccc(CNC(=O)CC3COCCN3)s2)cc1. The smallest absolute Gasteiger partial charge is 0.221 e. The van der Waals surface area contributed by atoms with E-state index in [1.165, 1.54) is 4.88 Å². The molecule has 1 aliphatic heterocycles. The van der Waals surface area contributed by atoms with Gasteiger partial charge in [0.05, 0.1) is 26.9 Å². The van der Waals surface area contributed by atoms with Crippen LogP contribution < -0.4 is 15.4 Å². The highest BCUT2D eigenvalue weighted by Crippen LogP contribution is 2.29. The molecule has 6 heteroatoms. The van der Waals surface area contributed by atoms with Gasteiger partial charge in [0, 0.05) is 28.8 Å². The van der Waals surface area contributed by atoms with Crippen LogP contribution in [0.4, 0.5) is 0 Å². The van der Waals surface area contributed by atoms with Crippen molar-refractivity contribution >= 4 is 17.2 Å². The Hall–Kier alpha value is -1.89. The van der Waals surface area contributed by atoms with Crippen LogP contribution >= 0.6 is 11.3 Å². The lowest BCUT2D eigenvalue weighted by Crippen LogP contribution is -2.44. The normalized spacial score (nSPS) is 17.5. The molecule has 128 valence electrons. The lowest BCUT2D eigenvalue weighted by molar-refractivity contribution is -0.122. The zero-order chi connectivity index (χ0) is 16.8. The van der Waals surface area contributed by atoms with Gasteiger partial charge in [-0.25, -0.2) is 0 Å². The summed E-state index contributed by atoms with van der Waals surface area (Å²) in [5.41, 5.74) is 1.15. The Morgan fingerprint density at radius 1 is 1.33 bits per heavy atom. The molecular weight excluding hydrogens is 324 g/mol. The zero-order valence-corrected chi connectivity index (χ0v) is 14.5. The maximum absolute atomic E-state index is 12.0. The molecule has 1 saturated heterocycles. The van der Waals surface area contributed by atoms with Crippen LogP contribution in [0.2, 0.25) is 0 Å². The van der Waals surface area contributed by atoms with Crippen LogP contribution in [0.25, 0.3) is 10.4 Å². The van der Waals surface area contributed by atoms with Crippen molar-refractivity contribution in [2.24, 2.45) is 0 Å². The fourth-order valence-electron chi connectivity index (χ4n) is 2.62. The van der Waals surface area contributed by atoms with Crippen LogP contribution in [0.5, 0.6) is 5.75 Å². The van der Waals surface area contributed by atoms with Crippen molar-refractivity contribution in [3.05, 3.63) is 41.3 Å². The van der Waals surface area contributed by atoms with Gasteiger partial charge in [-0.3, -0.25) is 4.79 Å². The van der Waals surface area contributed by atoms with E-state index in [1.54, 1.807) is 18.4 Å². The predicted molar refractivity (Wildman–Crippen MR) is 95.4 cm³/mol. The summed E-state index contributed by atoms with van der Waals surface area (Å²) in [5, 5.41) is 6.27. The molecule has 3 rings (SSSR count). The molecule has 1 amide bonds. The van der Waals surface area contributed by atoms with Gasteiger partial charge in [-0.05, 0) is 42.0 Å². The Labute approximate surface area is 146 Å². The van der Waals surface area contributed by atoms with E-state index in [-0.39, 0.29) is 11.9 Å². The standard InChI is InChI=1S/C18H22N2O3S/c1-22-15-4-2-13(3-5-15)17-7-6-16(24-17)11-20-18(21)10-14-12-23-9-8-19-14/h2-7,14,19H,8-12H2,1H3,(H,20,21). The second kappa shape index (κ2) is 8.28. The van der Waals surface area contributed by atoms with Crippen molar-refractivity contribution in [3.8, 4) is 16.2 Å². The highest BCUT2D eigenvalue weighted by Gasteiger charge is 2.16. The molecular formula is C18H22N2O3S. The van der Waals surface area contributed by atoms with E-state index in [1.807, 2.05) is 24.3 Å². The van der Waals surface area contributed by atoms with Gasteiger partial charge >= 0.3 is 0 Å². The van der Waals surface area contributed by atoms with Gasteiger partial charge in [-0.15, -0.1) is 11.3 Å². The van der Waals surface area contributed by atoms with E-state index in [4.69, 9.17) is 9.47 Å². The fraction of sp³-hybridized carbons (Fsp3) is 0.389. The Balaban J connectivity index is 1.50. The maximum atomic E-state index is 12.0. The number of rotatable bonds is 6. The topological polar surface area (TPSA) is 59.6 Å². The molecule has 2 heterocycles. The number of ether oxygens (including phenoxy) is 2. The number of carbonyl (C=O) groups is 1. The van der Waals surface area contributed by atoms with Gasteiger partial charge in [-0.2, -0.15) is 0 Å². The first-order chi connectivity index (χ1) is 11.7. The molecule has 1 fully saturated rings. The molecule has 0 spiro atoms. The number of morpholine rings is 1. The molecule has 2 aromatic rings. The average molecular weight is 346 g/mol. The number of carbonyl (C=O) groups excluding carboxylic acids is 1.